The largest absolute Gasteiger partial charge is 0.494 e. The molecule has 21 heavy (non-hydrogen) atoms. The van der Waals surface area contributed by atoms with E-state index >= 15 is 0 Å². The van der Waals surface area contributed by atoms with E-state index in [-0.39, 0.29) is 0 Å². The number of hydrogen-bond donors (Lipinski definition) is 1. The minimum atomic E-state index is 0.637. The van der Waals surface area contributed by atoms with Gasteiger partial charge in [-0.05, 0) is 39.8 Å². The SMILES string of the molecule is CCOc1ccc(OCC)c(NCc2nc(C)c(C)s2)c1. The average molecular weight is 306 g/mol. The topological polar surface area (TPSA) is 43.4 Å². The summed E-state index contributed by atoms with van der Waals surface area (Å²) in [5.41, 5.74) is 2.04. The minimum absolute atomic E-state index is 0.637. The lowest BCUT2D eigenvalue weighted by molar-refractivity contribution is 0.332. The van der Waals surface area contributed by atoms with E-state index in [0.717, 1.165) is 27.9 Å². The maximum absolute atomic E-state index is 5.65. The van der Waals surface area contributed by atoms with Gasteiger partial charge in [-0.2, -0.15) is 0 Å². The third-order valence-corrected chi connectivity index (χ3v) is 4.14. The van der Waals surface area contributed by atoms with E-state index in [1.54, 1.807) is 11.3 Å². The van der Waals surface area contributed by atoms with Gasteiger partial charge >= 0.3 is 0 Å². The fourth-order valence-electron chi connectivity index (χ4n) is 1.97. The number of anilines is 1. The molecule has 0 bridgehead atoms. The van der Waals surface area contributed by atoms with Crippen LogP contribution in [0.2, 0.25) is 0 Å². The Morgan fingerprint density at radius 3 is 2.52 bits per heavy atom. The molecule has 4 nitrogen and oxygen atoms in total. The van der Waals surface area contributed by atoms with Crippen LogP contribution in [0.1, 0.15) is 29.4 Å². The summed E-state index contributed by atoms with van der Waals surface area (Å²) in [6.45, 7) is 10.1. The molecule has 114 valence electrons. The highest BCUT2D eigenvalue weighted by molar-refractivity contribution is 7.11. The Labute approximate surface area is 130 Å². The van der Waals surface area contributed by atoms with Crippen molar-refractivity contribution in [1.82, 2.24) is 4.98 Å². The van der Waals surface area contributed by atoms with Gasteiger partial charge in [0.1, 0.15) is 16.5 Å². The van der Waals surface area contributed by atoms with Crippen LogP contribution < -0.4 is 14.8 Å². The van der Waals surface area contributed by atoms with Gasteiger partial charge in [-0.15, -0.1) is 11.3 Å². The molecule has 1 aromatic heterocycles. The first-order valence-corrected chi connectivity index (χ1v) is 8.02. The highest BCUT2D eigenvalue weighted by Crippen LogP contribution is 2.30. The number of hydrogen-bond acceptors (Lipinski definition) is 5. The van der Waals surface area contributed by atoms with Crippen molar-refractivity contribution in [3.63, 3.8) is 0 Å². The first-order valence-electron chi connectivity index (χ1n) is 7.20. The van der Waals surface area contributed by atoms with Gasteiger partial charge < -0.3 is 14.8 Å². The van der Waals surface area contributed by atoms with Crippen LogP contribution in [0, 0.1) is 13.8 Å². The average Bonchev–Trinajstić information content (AvgIpc) is 2.78. The monoisotopic (exact) mass is 306 g/mol. The van der Waals surface area contributed by atoms with E-state index in [1.165, 1.54) is 4.88 Å². The number of thiazole rings is 1. The minimum Gasteiger partial charge on any atom is -0.494 e. The Morgan fingerprint density at radius 1 is 1.14 bits per heavy atom. The van der Waals surface area contributed by atoms with Gasteiger partial charge in [-0.3, -0.25) is 0 Å². The molecule has 0 saturated carbocycles. The summed E-state index contributed by atoms with van der Waals surface area (Å²) < 4.78 is 11.2. The summed E-state index contributed by atoms with van der Waals surface area (Å²) >= 11 is 1.72. The molecular weight excluding hydrogens is 284 g/mol. The third-order valence-electron chi connectivity index (χ3n) is 3.06. The van der Waals surface area contributed by atoms with Gasteiger partial charge in [0, 0.05) is 10.9 Å². The number of aromatic nitrogens is 1. The number of aryl methyl sites for hydroxylation is 2. The van der Waals surface area contributed by atoms with Crippen LogP contribution in [0.25, 0.3) is 0 Å². The molecule has 0 aliphatic heterocycles. The van der Waals surface area contributed by atoms with Crippen LogP contribution in [-0.4, -0.2) is 18.2 Å². The van der Waals surface area contributed by atoms with Gasteiger partial charge in [-0.25, -0.2) is 4.98 Å². The second-order valence-corrected chi connectivity index (χ2v) is 5.91. The van der Waals surface area contributed by atoms with Crippen molar-refractivity contribution in [1.29, 1.82) is 0 Å². The third kappa shape index (κ3) is 4.11. The maximum Gasteiger partial charge on any atom is 0.142 e. The highest BCUT2D eigenvalue weighted by Gasteiger charge is 2.08. The first-order chi connectivity index (χ1) is 10.1. The molecule has 0 saturated heterocycles. The van der Waals surface area contributed by atoms with E-state index in [4.69, 9.17) is 9.47 Å². The molecule has 0 aliphatic rings. The number of ether oxygens (including phenoxy) is 2. The molecule has 0 unspecified atom stereocenters. The molecule has 1 aromatic carbocycles. The predicted molar refractivity (Wildman–Crippen MR) is 87.7 cm³/mol. The molecular formula is C16H22N2O2S. The first kappa shape index (κ1) is 15.6. The van der Waals surface area contributed by atoms with E-state index < -0.39 is 0 Å². The molecule has 2 aromatic rings. The van der Waals surface area contributed by atoms with Crippen LogP contribution in [0.3, 0.4) is 0 Å². The number of rotatable bonds is 7. The lowest BCUT2D eigenvalue weighted by atomic mass is 10.2. The number of nitrogens with one attached hydrogen (secondary N) is 1. The normalized spacial score (nSPS) is 10.5. The molecule has 0 spiro atoms. The lowest BCUT2D eigenvalue weighted by Crippen LogP contribution is -2.03. The van der Waals surface area contributed by atoms with E-state index in [1.807, 2.05) is 39.0 Å². The molecule has 1 N–H and O–H groups in total. The Morgan fingerprint density at radius 2 is 1.90 bits per heavy atom. The van der Waals surface area contributed by atoms with Crippen molar-refractivity contribution in [2.45, 2.75) is 34.2 Å². The molecule has 1 heterocycles. The highest BCUT2D eigenvalue weighted by atomic mass is 32.1. The van der Waals surface area contributed by atoms with Gasteiger partial charge in [0.05, 0.1) is 31.1 Å². The second-order valence-electron chi connectivity index (χ2n) is 4.63. The fraction of sp³-hybridized carbons (Fsp3) is 0.438. The van der Waals surface area contributed by atoms with E-state index in [0.29, 0.717) is 19.8 Å². The van der Waals surface area contributed by atoms with Gasteiger partial charge in [0.25, 0.3) is 0 Å². The summed E-state index contributed by atoms with van der Waals surface area (Å²) in [6.07, 6.45) is 0. The van der Waals surface area contributed by atoms with Crippen molar-refractivity contribution in [3.8, 4) is 11.5 Å². The molecule has 0 atom stereocenters. The van der Waals surface area contributed by atoms with Crippen LogP contribution in [-0.2, 0) is 6.54 Å². The predicted octanol–water partition coefficient (Wildman–Crippen LogP) is 4.17. The summed E-state index contributed by atoms with van der Waals surface area (Å²) in [5, 5.41) is 4.47. The van der Waals surface area contributed by atoms with Crippen molar-refractivity contribution in [2.24, 2.45) is 0 Å². The quantitative estimate of drug-likeness (QED) is 0.834. The fourth-order valence-corrected chi connectivity index (χ4v) is 2.84. The van der Waals surface area contributed by atoms with Crippen molar-refractivity contribution >= 4 is 17.0 Å². The molecule has 0 fully saturated rings. The Kier molecular flexibility index (Phi) is 5.44. The van der Waals surface area contributed by atoms with Gasteiger partial charge in [0.15, 0.2) is 0 Å². The number of nitrogens with zero attached hydrogens (tertiary/aromatic N) is 1. The lowest BCUT2D eigenvalue weighted by Gasteiger charge is -2.13. The summed E-state index contributed by atoms with van der Waals surface area (Å²) in [7, 11) is 0. The second kappa shape index (κ2) is 7.31. The van der Waals surface area contributed by atoms with E-state index in [9.17, 15) is 0 Å². The molecule has 0 amide bonds. The molecule has 2 rings (SSSR count). The van der Waals surface area contributed by atoms with Crippen molar-refractivity contribution < 1.29 is 9.47 Å². The zero-order valence-corrected chi connectivity index (χ0v) is 13.8. The Balaban J connectivity index is 2.13. The number of benzene rings is 1. The van der Waals surface area contributed by atoms with Gasteiger partial charge in [-0.1, -0.05) is 0 Å². The van der Waals surface area contributed by atoms with Crippen LogP contribution in [0.5, 0.6) is 11.5 Å². The Hall–Kier alpha value is -1.75. The van der Waals surface area contributed by atoms with Gasteiger partial charge in [0.2, 0.25) is 0 Å². The Bertz CT molecular complexity index is 576. The maximum atomic E-state index is 5.65. The summed E-state index contributed by atoms with van der Waals surface area (Å²) in [5.74, 6) is 1.68. The summed E-state index contributed by atoms with van der Waals surface area (Å²) in [6, 6.07) is 5.84. The van der Waals surface area contributed by atoms with Crippen LogP contribution in [0.4, 0.5) is 5.69 Å². The van der Waals surface area contributed by atoms with Crippen LogP contribution in [0.15, 0.2) is 18.2 Å². The van der Waals surface area contributed by atoms with Crippen molar-refractivity contribution in [2.75, 3.05) is 18.5 Å². The molecule has 0 radical (unpaired) electrons. The molecule has 0 aliphatic carbocycles. The zero-order valence-electron chi connectivity index (χ0n) is 13.0. The zero-order chi connectivity index (χ0) is 15.2. The smallest absolute Gasteiger partial charge is 0.142 e. The van der Waals surface area contributed by atoms with Crippen molar-refractivity contribution in [3.05, 3.63) is 33.8 Å². The van der Waals surface area contributed by atoms with Crippen LogP contribution >= 0.6 is 11.3 Å². The standard InChI is InChI=1S/C16H22N2O2S/c1-5-19-13-7-8-15(20-6-2)14(9-13)17-10-16-18-11(3)12(4)21-16/h7-9,17H,5-6,10H2,1-4H3. The summed E-state index contributed by atoms with van der Waals surface area (Å²) in [4.78, 5) is 5.81. The molecule has 5 heteroatoms. The van der Waals surface area contributed by atoms with E-state index in [2.05, 4.69) is 17.2 Å².